The van der Waals surface area contributed by atoms with Gasteiger partial charge in [-0.3, -0.25) is 4.79 Å². The van der Waals surface area contributed by atoms with Crippen molar-refractivity contribution in [2.45, 2.75) is 32.4 Å². The highest BCUT2D eigenvalue weighted by atomic mass is 16.5. The molecule has 0 saturated heterocycles. The van der Waals surface area contributed by atoms with E-state index in [1.165, 1.54) is 16.7 Å². The van der Waals surface area contributed by atoms with Crippen molar-refractivity contribution in [2.24, 2.45) is 0 Å². The van der Waals surface area contributed by atoms with Crippen LogP contribution in [0.15, 0.2) is 97.2 Å². The van der Waals surface area contributed by atoms with E-state index in [2.05, 4.69) is 64.1 Å². The predicted molar refractivity (Wildman–Crippen MR) is 150 cm³/mol. The summed E-state index contributed by atoms with van der Waals surface area (Å²) in [5.74, 6) is 0.202. The number of ether oxygens (including phenoxy) is 1. The summed E-state index contributed by atoms with van der Waals surface area (Å²) in [6, 6.07) is 30.0. The molecule has 6 heteroatoms. The van der Waals surface area contributed by atoms with Crippen LogP contribution in [0.1, 0.15) is 40.7 Å². The van der Waals surface area contributed by atoms with Crippen LogP contribution in [0.3, 0.4) is 0 Å². The summed E-state index contributed by atoms with van der Waals surface area (Å²) in [5, 5.41) is 6.30. The van der Waals surface area contributed by atoms with Crippen LogP contribution in [0.5, 0.6) is 0 Å². The summed E-state index contributed by atoms with van der Waals surface area (Å²) in [5.41, 5.74) is 11.7. The van der Waals surface area contributed by atoms with Crippen LogP contribution in [0.2, 0.25) is 0 Å². The van der Waals surface area contributed by atoms with Crippen LogP contribution in [-0.2, 0) is 17.9 Å². The van der Waals surface area contributed by atoms with E-state index in [1.807, 2.05) is 30.3 Å². The van der Waals surface area contributed by atoms with Crippen molar-refractivity contribution in [3.8, 4) is 11.1 Å². The lowest BCUT2D eigenvalue weighted by atomic mass is 10.0. The summed E-state index contributed by atoms with van der Waals surface area (Å²) in [7, 11) is 0. The van der Waals surface area contributed by atoms with Crippen molar-refractivity contribution < 1.29 is 9.53 Å². The van der Waals surface area contributed by atoms with Gasteiger partial charge in [0.15, 0.2) is 0 Å². The van der Waals surface area contributed by atoms with E-state index in [1.54, 1.807) is 18.3 Å². The average molecular weight is 495 g/mol. The zero-order valence-corrected chi connectivity index (χ0v) is 21.0. The Bertz CT molecular complexity index is 1240. The quantitative estimate of drug-likeness (QED) is 0.197. The highest BCUT2D eigenvalue weighted by Crippen LogP contribution is 2.19. The molecule has 190 valence electrons. The zero-order chi connectivity index (χ0) is 25.7. The van der Waals surface area contributed by atoms with Gasteiger partial charge in [0.1, 0.15) is 5.82 Å². The fourth-order valence-corrected chi connectivity index (χ4v) is 3.98. The van der Waals surface area contributed by atoms with Crippen LogP contribution >= 0.6 is 0 Å². The summed E-state index contributed by atoms with van der Waals surface area (Å²) >= 11 is 0. The maximum atomic E-state index is 12.4. The fraction of sp³-hybridized carbons (Fsp3) is 0.226. The monoisotopic (exact) mass is 494 g/mol. The second-order valence-electron chi connectivity index (χ2n) is 8.97. The Morgan fingerprint density at radius 2 is 1.54 bits per heavy atom. The lowest BCUT2D eigenvalue weighted by Crippen LogP contribution is -2.15. The highest BCUT2D eigenvalue weighted by Gasteiger charge is 2.06. The second-order valence-corrected chi connectivity index (χ2v) is 8.97. The topological polar surface area (TPSA) is 89.3 Å². The molecule has 0 spiro atoms. The largest absolute Gasteiger partial charge is 0.384 e. The summed E-state index contributed by atoms with van der Waals surface area (Å²) < 4.78 is 5.85. The van der Waals surface area contributed by atoms with Crippen LogP contribution in [-0.4, -0.2) is 24.0 Å². The van der Waals surface area contributed by atoms with Crippen molar-refractivity contribution in [2.75, 3.05) is 24.2 Å². The number of anilines is 2. The molecule has 6 nitrogen and oxygen atoms in total. The van der Waals surface area contributed by atoms with Gasteiger partial charge in [-0.05, 0) is 66.3 Å². The second kappa shape index (κ2) is 13.9. The van der Waals surface area contributed by atoms with Gasteiger partial charge in [0.2, 0.25) is 0 Å². The molecule has 0 aliphatic heterocycles. The molecule has 0 saturated carbocycles. The molecule has 1 amide bonds. The maximum absolute atomic E-state index is 12.4. The molecule has 1 aromatic heterocycles. The SMILES string of the molecule is Nc1cc(NC(=O)c2ccc(CNCCCCCOCc3ccc(-c4ccccc4)cc3)cc2)ccn1. The Hall–Kier alpha value is -4.00. The normalized spacial score (nSPS) is 10.8. The van der Waals surface area contributed by atoms with E-state index < -0.39 is 0 Å². The number of hydrogen-bond acceptors (Lipinski definition) is 5. The number of nitrogens with two attached hydrogens (primary N) is 1. The zero-order valence-electron chi connectivity index (χ0n) is 21.0. The number of nitrogens with one attached hydrogen (secondary N) is 2. The summed E-state index contributed by atoms with van der Waals surface area (Å²) in [6.07, 6.45) is 4.85. The van der Waals surface area contributed by atoms with Gasteiger partial charge in [0, 0.05) is 36.7 Å². The molecule has 3 aromatic carbocycles. The summed E-state index contributed by atoms with van der Waals surface area (Å²) in [6.45, 7) is 3.15. The fourth-order valence-electron chi connectivity index (χ4n) is 3.98. The average Bonchev–Trinajstić information content (AvgIpc) is 2.93. The Morgan fingerprint density at radius 1 is 0.811 bits per heavy atom. The van der Waals surface area contributed by atoms with Gasteiger partial charge in [-0.1, -0.05) is 66.7 Å². The van der Waals surface area contributed by atoms with Crippen LogP contribution < -0.4 is 16.4 Å². The molecule has 0 aliphatic carbocycles. The number of hydrogen-bond donors (Lipinski definition) is 3. The Balaban J connectivity index is 1.05. The van der Waals surface area contributed by atoms with Gasteiger partial charge < -0.3 is 21.1 Å². The number of nitrogens with zero attached hydrogens (tertiary/aromatic N) is 1. The van der Waals surface area contributed by atoms with E-state index in [0.29, 0.717) is 23.7 Å². The molecule has 0 fully saturated rings. The van der Waals surface area contributed by atoms with Gasteiger partial charge in [-0.15, -0.1) is 0 Å². The lowest BCUT2D eigenvalue weighted by Gasteiger charge is -2.08. The van der Waals surface area contributed by atoms with Gasteiger partial charge in [0.25, 0.3) is 5.91 Å². The van der Waals surface area contributed by atoms with Crippen molar-refractivity contribution >= 4 is 17.4 Å². The minimum absolute atomic E-state index is 0.170. The highest BCUT2D eigenvalue weighted by molar-refractivity contribution is 6.04. The first-order chi connectivity index (χ1) is 18.2. The Labute approximate surface area is 218 Å². The number of rotatable bonds is 13. The van der Waals surface area contributed by atoms with E-state index in [4.69, 9.17) is 10.5 Å². The minimum Gasteiger partial charge on any atom is -0.384 e. The molecule has 37 heavy (non-hydrogen) atoms. The molecule has 4 rings (SSSR count). The number of carbonyl (C=O) groups is 1. The third-order valence-electron chi connectivity index (χ3n) is 6.06. The van der Waals surface area contributed by atoms with E-state index in [9.17, 15) is 4.79 Å². The number of pyridine rings is 1. The van der Waals surface area contributed by atoms with E-state index in [0.717, 1.165) is 44.5 Å². The number of nitrogen functional groups attached to an aromatic ring is 1. The first-order valence-corrected chi connectivity index (χ1v) is 12.7. The molecule has 1 heterocycles. The first kappa shape index (κ1) is 26.1. The Morgan fingerprint density at radius 3 is 2.30 bits per heavy atom. The number of carbonyl (C=O) groups excluding carboxylic acids is 1. The lowest BCUT2D eigenvalue weighted by molar-refractivity contribution is 0.102. The molecule has 0 atom stereocenters. The number of benzene rings is 3. The molecular weight excluding hydrogens is 460 g/mol. The number of aromatic nitrogens is 1. The minimum atomic E-state index is -0.170. The maximum Gasteiger partial charge on any atom is 0.255 e. The van der Waals surface area contributed by atoms with Crippen LogP contribution in [0.4, 0.5) is 11.5 Å². The smallest absolute Gasteiger partial charge is 0.255 e. The van der Waals surface area contributed by atoms with Gasteiger partial charge in [0.05, 0.1) is 6.61 Å². The van der Waals surface area contributed by atoms with Gasteiger partial charge in [-0.25, -0.2) is 4.98 Å². The Kier molecular flexibility index (Phi) is 9.81. The van der Waals surface area contributed by atoms with Crippen molar-refractivity contribution in [3.63, 3.8) is 0 Å². The molecule has 4 N–H and O–H groups in total. The standard InChI is InChI=1S/C31H34N4O2/c32-30-21-29(17-19-34-30)35-31(36)28-15-9-24(10-16-28)22-33-18-5-2-6-20-37-23-25-11-13-27(14-12-25)26-7-3-1-4-8-26/h1,3-4,7-17,19,21,33H,2,5-6,18,20,22-23H2,(H3,32,34,35,36). The molecule has 0 bridgehead atoms. The first-order valence-electron chi connectivity index (χ1n) is 12.7. The van der Waals surface area contributed by atoms with Crippen molar-refractivity contribution in [1.29, 1.82) is 0 Å². The third-order valence-corrected chi connectivity index (χ3v) is 6.06. The molecule has 4 aromatic rings. The van der Waals surface area contributed by atoms with Crippen LogP contribution in [0, 0.1) is 0 Å². The van der Waals surface area contributed by atoms with Gasteiger partial charge in [-0.2, -0.15) is 0 Å². The predicted octanol–water partition coefficient (Wildman–Crippen LogP) is 6.06. The number of amides is 1. The van der Waals surface area contributed by atoms with Gasteiger partial charge >= 0.3 is 0 Å². The molecular formula is C31H34N4O2. The molecule has 0 aliphatic rings. The number of unbranched alkanes of at least 4 members (excludes halogenated alkanes) is 2. The molecule has 0 radical (unpaired) electrons. The summed E-state index contributed by atoms with van der Waals surface area (Å²) in [4.78, 5) is 16.3. The van der Waals surface area contributed by atoms with Crippen LogP contribution in [0.25, 0.3) is 11.1 Å². The van der Waals surface area contributed by atoms with Crippen molar-refractivity contribution in [3.05, 3.63) is 114 Å². The van der Waals surface area contributed by atoms with E-state index >= 15 is 0 Å². The third kappa shape index (κ3) is 8.56. The van der Waals surface area contributed by atoms with Crippen molar-refractivity contribution in [1.82, 2.24) is 10.3 Å². The molecule has 0 unspecified atom stereocenters. The van der Waals surface area contributed by atoms with E-state index in [-0.39, 0.29) is 5.91 Å².